The molecule has 13 heavy (non-hydrogen) atoms. The predicted molar refractivity (Wildman–Crippen MR) is 49.9 cm³/mol. The highest BCUT2D eigenvalue weighted by Gasteiger charge is 2.13. The van der Waals surface area contributed by atoms with Gasteiger partial charge in [0.1, 0.15) is 0 Å². The molecule has 0 aliphatic carbocycles. The summed E-state index contributed by atoms with van der Waals surface area (Å²) in [5.41, 5.74) is 0. The van der Waals surface area contributed by atoms with Gasteiger partial charge >= 0.3 is 9.17 Å². The maximum atomic E-state index is 10.2. The van der Waals surface area contributed by atoms with Gasteiger partial charge in [-0.1, -0.05) is 30.3 Å². The SMILES string of the molecule is C[SiH](OO[Si](=O)O)c1ccccc1. The summed E-state index contributed by atoms with van der Waals surface area (Å²) in [4.78, 5) is 8.37. The van der Waals surface area contributed by atoms with Crippen molar-refractivity contribution < 1.29 is 18.4 Å². The van der Waals surface area contributed by atoms with Gasteiger partial charge < -0.3 is 9.37 Å². The lowest BCUT2D eigenvalue weighted by Crippen LogP contribution is -2.31. The lowest BCUT2D eigenvalue weighted by Gasteiger charge is -2.07. The minimum atomic E-state index is -2.97. The second kappa shape index (κ2) is 4.90. The van der Waals surface area contributed by atoms with Gasteiger partial charge in [0, 0.05) is 0 Å². The van der Waals surface area contributed by atoms with Gasteiger partial charge in [0.2, 0.25) is 0 Å². The largest absolute Gasteiger partial charge is 0.797 e. The molecule has 1 aromatic carbocycles. The Morgan fingerprint density at radius 3 is 2.54 bits per heavy atom. The van der Waals surface area contributed by atoms with Crippen LogP contribution in [-0.2, 0) is 13.6 Å². The molecule has 70 valence electrons. The quantitative estimate of drug-likeness (QED) is 0.421. The van der Waals surface area contributed by atoms with Crippen LogP contribution >= 0.6 is 0 Å². The van der Waals surface area contributed by atoms with E-state index < -0.39 is 18.2 Å². The number of benzene rings is 1. The highest BCUT2D eigenvalue weighted by Crippen LogP contribution is 1.90. The van der Waals surface area contributed by atoms with Gasteiger partial charge in [-0.2, -0.15) is 0 Å². The van der Waals surface area contributed by atoms with E-state index in [4.69, 9.17) is 9.37 Å². The summed E-state index contributed by atoms with van der Waals surface area (Å²) < 4.78 is 19.2. The molecule has 0 amide bonds. The fourth-order valence-corrected chi connectivity index (χ4v) is 2.67. The van der Waals surface area contributed by atoms with Crippen molar-refractivity contribution in [3.8, 4) is 0 Å². The third-order valence-electron chi connectivity index (χ3n) is 1.53. The first kappa shape index (κ1) is 10.1. The molecular formula is C7H10O4Si2. The van der Waals surface area contributed by atoms with Crippen molar-refractivity contribution in [1.82, 2.24) is 0 Å². The normalized spacial score (nSPS) is 12.1. The Bertz CT molecular complexity index is 277. The molecule has 1 rings (SSSR count). The van der Waals surface area contributed by atoms with Crippen molar-refractivity contribution in [2.75, 3.05) is 0 Å². The molecule has 1 aromatic rings. The van der Waals surface area contributed by atoms with Crippen molar-refractivity contribution in [2.24, 2.45) is 0 Å². The summed E-state index contributed by atoms with van der Waals surface area (Å²) in [7, 11) is -4.65. The Morgan fingerprint density at radius 1 is 1.38 bits per heavy atom. The van der Waals surface area contributed by atoms with Gasteiger partial charge in [-0.05, 0) is 11.7 Å². The maximum Gasteiger partial charge on any atom is 0.797 e. The first-order chi connectivity index (χ1) is 6.20. The fraction of sp³-hybridized carbons (Fsp3) is 0.143. The van der Waals surface area contributed by atoms with Gasteiger partial charge in [-0.3, -0.25) is 4.46 Å². The Hall–Kier alpha value is -0.986. The van der Waals surface area contributed by atoms with Gasteiger partial charge in [-0.25, -0.2) is 4.58 Å². The summed E-state index contributed by atoms with van der Waals surface area (Å²) in [5.74, 6) is 0. The molecule has 0 saturated carbocycles. The van der Waals surface area contributed by atoms with Crippen molar-refractivity contribution in [3.63, 3.8) is 0 Å². The number of rotatable bonds is 4. The highest BCUT2D eigenvalue weighted by molar-refractivity contribution is 6.66. The second-order valence-electron chi connectivity index (χ2n) is 2.50. The summed E-state index contributed by atoms with van der Waals surface area (Å²) in [6.07, 6.45) is 0. The van der Waals surface area contributed by atoms with Crippen LogP contribution in [0.3, 0.4) is 0 Å². The molecule has 1 unspecified atom stereocenters. The third-order valence-corrected chi connectivity index (χ3v) is 3.67. The summed E-state index contributed by atoms with van der Waals surface area (Å²) in [5, 5.41) is 1.03. The molecule has 0 aliphatic heterocycles. The first-order valence-corrected chi connectivity index (χ1v) is 7.28. The van der Waals surface area contributed by atoms with E-state index in [1.165, 1.54) is 0 Å². The van der Waals surface area contributed by atoms with E-state index in [1.54, 1.807) is 0 Å². The van der Waals surface area contributed by atoms with E-state index in [1.807, 2.05) is 36.9 Å². The number of hydrogen-bond donors (Lipinski definition) is 1. The van der Waals surface area contributed by atoms with Crippen LogP contribution in [0.15, 0.2) is 30.3 Å². The zero-order valence-corrected chi connectivity index (χ0v) is 9.29. The second-order valence-corrected chi connectivity index (χ2v) is 5.34. The van der Waals surface area contributed by atoms with Crippen molar-refractivity contribution in [3.05, 3.63) is 30.3 Å². The Morgan fingerprint density at radius 2 is 2.00 bits per heavy atom. The molecule has 0 aliphatic rings. The lowest BCUT2D eigenvalue weighted by atomic mass is 10.4. The molecule has 0 fully saturated rings. The summed E-state index contributed by atoms with van der Waals surface area (Å²) >= 11 is 0. The molecule has 4 nitrogen and oxygen atoms in total. The molecule has 0 saturated heterocycles. The highest BCUT2D eigenvalue weighted by atomic mass is 28.3. The average molecular weight is 214 g/mol. The Balaban J connectivity index is 2.49. The fourth-order valence-electron chi connectivity index (χ4n) is 0.893. The smallest absolute Gasteiger partial charge is 0.510 e. The van der Waals surface area contributed by atoms with Crippen LogP contribution in [0.2, 0.25) is 6.55 Å². The van der Waals surface area contributed by atoms with E-state index in [-0.39, 0.29) is 0 Å². The lowest BCUT2D eigenvalue weighted by molar-refractivity contribution is -0.128. The predicted octanol–water partition coefficient (Wildman–Crippen LogP) is -0.397. The summed E-state index contributed by atoms with van der Waals surface area (Å²) in [6.45, 7) is 1.88. The van der Waals surface area contributed by atoms with Crippen LogP contribution < -0.4 is 5.19 Å². The monoisotopic (exact) mass is 214 g/mol. The van der Waals surface area contributed by atoms with Crippen molar-refractivity contribution >= 4 is 23.4 Å². The van der Waals surface area contributed by atoms with Crippen LogP contribution in [0, 0.1) is 0 Å². The third kappa shape index (κ3) is 3.49. The zero-order valence-electron chi connectivity index (χ0n) is 7.14. The van der Waals surface area contributed by atoms with E-state index in [0.717, 1.165) is 5.19 Å². The van der Waals surface area contributed by atoms with E-state index in [2.05, 4.69) is 4.58 Å². The molecule has 0 bridgehead atoms. The molecule has 0 aromatic heterocycles. The zero-order chi connectivity index (χ0) is 9.68. The minimum absolute atomic E-state index is 1.03. The van der Waals surface area contributed by atoms with E-state index in [0.29, 0.717) is 0 Å². The van der Waals surface area contributed by atoms with Gasteiger partial charge in [0.15, 0.2) is 0 Å². The van der Waals surface area contributed by atoms with E-state index >= 15 is 0 Å². The average Bonchev–Trinajstić information content (AvgIpc) is 2.15. The molecule has 0 spiro atoms. The molecule has 0 heterocycles. The van der Waals surface area contributed by atoms with Gasteiger partial charge in [0.05, 0.1) is 0 Å². The van der Waals surface area contributed by atoms with Crippen LogP contribution in [0.4, 0.5) is 0 Å². The van der Waals surface area contributed by atoms with Crippen LogP contribution in [-0.4, -0.2) is 23.0 Å². The van der Waals surface area contributed by atoms with E-state index in [9.17, 15) is 4.46 Å². The minimum Gasteiger partial charge on any atom is -0.510 e. The van der Waals surface area contributed by atoms with Crippen molar-refractivity contribution in [2.45, 2.75) is 6.55 Å². The Kier molecular flexibility index (Phi) is 3.81. The molecule has 1 atom stereocenters. The maximum absolute atomic E-state index is 10.2. The standard InChI is InChI=1S/C7H10O4Si2/c1-12(10-11-13(8)9)7-5-3-2-4-6-7/h2-6,8,12H,1H3. The molecule has 1 N–H and O–H groups in total. The van der Waals surface area contributed by atoms with Crippen LogP contribution in [0.25, 0.3) is 0 Å². The van der Waals surface area contributed by atoms with Gasteiger partial charge in [0.25, 0.3) is 9.04 Å². The van der Waals surface area contributed by atoms with Crippen LogP contribution in [0.1, 0.15) is 0 Å². The summed E-state index contributed by atoms with van der Waals surface area (Å²) in [6, 6.07) is 9.51. The molecule has 0 radical (unpaired) electrons. The van der Waals surface area contributed by atoms with Crippen molar-refractivity contribution in [1.29, 1.82) is 0 Å². The number of hydrogen-bond acceptors (Lipinski definition) is 3. The van der Waals surface area contributed by atoms with Gasteiger partial charge in [-0.15, -0.1) is 0 Å². The van der Waals surface area contributed by atoms with Crippen LogP contribution in [0.5, 0.6) is 0 Å². The Labute approximate surface area is 79.3 Å². The topological polar surface area (TPSA) is 55.8 Å². The molecular weight excluding hydrogens is 204 g/mol. The molecule has 6 heteroatoms. The first-order valence-electron chi connectivity index (χ1n) is 3.81.